The molecule has 9 aromatic carbocycles. The Hall–Kier alpha value is -6.46. The molecule has 2 nitrogen and oxygen atoms in total. The first-order chi connectivity index (χ1) is 26.8. The number of furan rings is 1. The third-order valence-corrected chi connectivity index (χ3v) is 13.3. The van der Waals surface area contributed by atoms with Gasteiger partial charge in [-0.3, -0.25) is 0 Å². The molecule has 3 heterocycles. The van der Waals surface area contributed by atoms with Crippen molar-refractivity contribution in [2.45, 2.75) is 0 Å². The molecule has 0 unspecified atom stereocenters. The third-order valence-electron chi connectivity index (χ3n) is 11.1. The SMILES string of the molecule is c1ccc2c(-c3ccc(N(c4cccc5sc6ccccc6c45)c4cccc5sc6ccc7oc8c9ccccc9ccc8c7c6c45)cc3)cccc2c1. The number of hydrogen-bond acceptors (Lipinski definition) is 4. The van der Waals surface area contributed by atoms with E-state index in [-0.39, 0.29) is 0 Å². The Labute approximate surface area is 318 Å². The summed E-state index contributed by atoms with van der Waals surface area (Å²) in [5.74, 6) is 0. The monoisotopic (exact) mass is 723 g/mol. The van der Waals surface area contributed by atoms with Crippen LogP contribution in [0.25, 0.3) is 95.0 Å². The molecule has 4 heteroatoms. The van der Waals surface area contributed by atoms with Gasteiger partial charge in [0.05, 0.1) is 11.4 Å². The highest BCUT2D eigenvalue weighted by Crippen LogP contribution is 2.51. The number of anilines is 3. The van der Waals surface area contributed by atoms with E-state index >= 15 is 0 Å². The van der Waals surface area contributed by atoms with Crippen molar-refractivity contribution in [1.82, 2.24) is 0 Å². The summed E-state index contributed by atoms with van der Waals surface area (Å²) in [5, 5.41) is 12.2. The minimum atomic E-state index is 0.917. The van der Waals surface area contributed by atoms with Crippen LogP contribution in [0.3, 0.4) is 0 Å². The van der Waals surface area contributed by atoms with Crippen LogP contribution in [0, 0.1) is 0 Å². The minimum Gasteiger partial charge on any atom is -0.455 e. The van der Waals surface area contributed by atoms with Gasteiger partial charge < -0.3 is 9.32 Å². The molecule has 0 spiro atoms. The zero-order chi connectivity index (χ0) is 35.3. The molecule has 3 aromatic heterocycles. The van der Waals surface area contributed by atoms with E-state index < -0.39 is 0 Å². The van der Waals surface area contributed by atoms with Crippen LogP contribution < -0.4 is 4.90 Å². The van der Waals surface area contributed by atoms with Crippen LogP contribution in [0.4, 0.5) is 17.1 Å². The summed E-state index contributed by atoms with van der Waals surface area (Å²) < 4.78 is 11.8. The predicted molar refractivity (Wildman–Crippen MR) is 235 cm³/mol. The van der Waals surface area contributed by atoms with Gasteiger partial charge in [0, 0.05) is 62.2 Å². The molecule has 0 saturated heterocycles. The summed E-state index contributed by atoms with van der Waals surface area (Å²) in [7, 11) is 0. The molecule has 0 aliphatic heterocycles. The van der Waals surface area contributed by atoms with Crippen molar-refractivity contribution in [3.05, 3.63) is 176 Å². The number of hydrogen-bond donors (Lipinski definition) is 0. The fraction of sp³-hybridized carbons (Fsp3) is 0. The molecule has 0 amide bonds. The Kier molecular flexibility index (Phi) is 6.41. The molecular formula is C50H29NOS2. The molecule has 0 bridgehead atoms. The van der Waals surface area contributed by atoms with Gasteiger partial charge in [0.1, 0.15) is 11.2 Å². The molecular weight excluding hydrogens is 695 g/mol. The third kappa shape index (κ3) is 4.32. The van der Waals surface area contributed by atoms with Gasteiger partial charge in [-0.1, -0.05) is 115 Å². The molecule has 0 atom stereocenters. The molecule has 0 aliphatic carbocycles. The Morgan fingerprint density at radius 3 is 1.81 bits per heavy atom. The quantitative estimate of drug-likeness (QED) is 0.180. The van der Waals surface area contributed by atoms with Crippen molar-refractivity contribution >= 4 is 124 Å². The van der Waals surface area contributed by atoms with Crippen molar-refractivity contribution in [3.8, 4) is 11.1 Å². The number of rotatable bonds is 4. The zero-order valence-electron chi connectivity index (χ0n) is 28.9. The number of nitrogens with zero attached hydrogens (tertiary/aromatic N) is 1. The van der Waals surface area contributed by atoms with E-state index in [0.29, 0.717) is 0 Å². The van der Waals surface area contributed by atoms with Crippen molar-refractivity contribution in [2.75, 3.05) is 4.90 Å². The van der Waals surface area contributed by atoms with Crippen molar-refractivity contribution in [3.63, 3.8) is 0 Å². The van der Waals surface area contributed by atoms with Crippen molar-refractivity contribution < 1.29 is 4.42 Å². The van der Waals surface area contributed by atoms with E-state index in [1.165, 1.54) is 78.7 Å². The number of benzene rings is 9. The average Bonchev–Trinajstić information content (AvgIpc) is 3.93. The summed E-state index contributed by atoms with van der Waals surface area (Å²) in [6, 6.07) is 64.2. The second-order valence-electron chi connectivity index (χ2n) is 14.0. The van der Waals surface area contributed by atoms with Crippen LogP contribution in [0.5, 0.6) is 0 Å². The Bertz CT molecular complexity index is 3450. The topological polar surface area (TPSA) is 16.4 Å². The van der Waals surface area contributed by atoms with Crippen LogP contribution >= 0.6 is 22.7 Å². The fourth-order valence-electron chi connectivity index (χ4n) is 8.69. The second kappa shape index (κ2) is 11.5. The summed E-state index contributed by atoms with van der Waals surface area (Å²) in [6.45, 7) is 0. The van der Waals surface area contributed by atoms with Crippen LogP contribution in [0.2, 0.25) is 0 Å². The number of fused-ring (bicyclic) bond motifs is 13. The highest BCUT2D eigenvalue weighted by atomic mass is 32.1. The van der Waals surface area contributed by atoms with Gasteiger partial charge >= 0.3 is 0 Å². The van der Waals surface area contributed by atoms with Gasteiger partial charge in [0.2, 0.25) is 0 Å². The predicted octanol–water partition coefficient (Wildman–Crippen LogP) is 15.8. The first kappa shape index (κ1) is 30.0. The first-order valence-corrected chi connectivity index (χ1v) is 19.9. The van der Waals surface area contributed by atoms with Crippen molar-refractivity contribution in [1.29, 1.82) is 0 Å². The maximum absolute atomic E-state index is 6.74. The van der Waals surface area contributed by atoms with Gasteiger partial charge in [-0.25, -0.2) is 0 Å². The Balaban J connectivity index is 1.17. The summed E-state index contributed by atoms with van der Waals surface area (Å²) in [4.78, 5) is 2.50. The van der Waals surface area contributed by atoms with Gasteiger partial charge in [-0.2, -0.15) is 0 Å². The Morgan fingerprint density at radius 1 is 0.370 bits per heavy atom. The van der Waals surface area contributed by atoms with Gasteiger partial charge in [-0.15, -0.1) is 22.7 Å². The first-order valence-electron chi connectivity index (χ1n) is 18.3. The molecule has 12 rings (SSSR count). The zero-order valence-corrected chi connectivity index (χ0v) is 30.5. The van der Waals surface area contributed by atoms with Gasteiger partial charge in [-0.05, 0) is 87.9 Å². The Morgan fingerprint density at radius 2 is 0.981 bits per heavy atom. The lowest BCUT2D eigenvalue weighted by Gasteiger charge is -2.27. The molecule has 0 fully saturated rings. The maximum atomic E-state index is 6.74. The minimum absolute atomic E-state index is 0.917. The summed E-state index contributed by atoms with van der Waals surface area (Å²) >= 11 is 3.72. The molecule has 0 radical (unpaired) electrons. The molecule has 0 aliphatic rings. The number of thiophene rings is 2. The molecule has 0 saturated carbocycles. The van der Waals surface area contributed by atoms with E-state index in [2.05, 4.69) is 181 Å². The lowest BCUT2D eigenvalue weighted by atomic mass is 9.97. The average molecular weight is 724 g/mol. The van der Waals surface area contributed by atoms with E-state index in [9.17, 15) is 0 Å². The highest BCUT2D eigenvalue weighted by molar-refractivity contribution is 7.26. The summed E-state index contributed by atoms with van der Waals surface area (Å²) in [6.07, 6.45) is 0. The van der Waals surface area contributed by atoms with Gasteiger partial charge in [0.25, 0.3) is 0 Å². The molecule has 0 N–H and O–H groups in total. The normalized spacial score (nSPS) is 12.1. The van der Waals surface area contributed by atoms with Crippen LogP contribution in [0.1, 0.15) is 0 Å². The van der Waals surface area contributed by atoms with E-state index in [1.54, 1.807) is 0 Å². The van der Waals surface area contributed by atoms with Crippen LogP contribution in [-0.2, 0) is 0 Å². The highest BCUT2D eigenvalue weighted by Gasteiger charge is 2.24. The molecule has 252 valence electrons. The van der Waals surface area contributed by atoms with E-state index in [4.69, 9.17) is 4.42 Å². The maximum Gasteiger partial charge on any atom is 0.143 e. The van der Waals surface area contributed by atoms with Crippen LogP contribution in [0.15, 0.2) is 180 Å². The van der Waals surface area contributed by atoms with Gasteiger partial charge in [0.15, 0.2) is 0 Å². The fourth-order valence-corrected chi connectivity index (χ4v) is 10.9. The molecule has 54 heavy (non-hydrogen) atoms. The lowest BCUT2D eigenvalue weighted by molar-refractivity contribution is 0.673. The van der Waals surface area contributed by atoms with Crippen molar-refractivity contribution in [2.24, 2.45) is 0 Å². The molecule has 12 aromatic rings. The smallest absolute Gasteiger partial charge is 0.143 e. The van der Waals surface area contributed by atoms with E-state index in [0.717, 1.165) is 33.3 Å². The standard InChI is InChI=1S/C50H29NOS2/c1-3-13-34-30(10-1)12-7-16-35(34)32-22-25-33(26-23-32)51(39-17-8-20-43-46(39)37-15-5-6-19-42(37)53-43)40-18-9-21-44-48(40)49-45(54-44)29-28-41-47(49)38-27-24-31-11-2-4-14-36(31)50(38)52-41/h1-29H. The second-order valence-corrected chi connectivity index (χ2v) is 16.2. The summed E-state index contributed by atoms with van der Waals surface area (Å²) in [5.41, 5.74) is 7.75. The largest absolute Gasteiger partial charge is 0.455 e. The van der Waals surface area contributed by atoms with Crippen LogP contribution in [-0.4, -0.2) is 0 Å². The lowest BCUT2D eigenvalue weighted by Crippen LogP contribution is -2.10. The van der Waals surface area contributed by atoms with E-state index in [1.807, 2.05) is 22.7 Å².